The number of nitrogens with zero attached hydrogens (tertiary/aromatic N) is 3. The first-order valence-electron chi connectivity index (χ1n) is 13.3. The van der Waals surface area contributed by atoms with Gasteiger partial charge in [-0.25, -0.2) is 9.78 Å². The zero-order valence-electron chi connectivity index (χ0n) is 23.4. The van der Waals surface area contributed by atoms with E-state index in [1.807, 2.05) is 25.1 Å². The van der Waals surface area contributed by atoms with E-state index in [1.165, 1.54) is 34.2 Å². The number of hydrogen-bond donors (Lipinski definition) is 2. The van der Waals surface area contributed by atoms with Gasteiger partial charge in [0, 0.05) is 42.5 Å². The topological polar surface area (TPSA) is 95.0 Å². The minimum Gasteiger partial charge on any atom is -0.472 e. The molecule has 0 radical (unpaired) electrons. The van der Waals surface area contributed by atoms with E-state index in [9.17, 15) is 27.9 Å². The predicted octanol–water partition coefficient (Wildman–Crippen LogP) is 4.88. The van der Waals surface area contributed by atoms with Gasteiger partial charge in [-0.05, 0) is 49.4 Å². The standard InChI is InChI=1S/C31H31F3N4O4/c1-20-17-38(21(2)19-39)29(40)26-15-23(10-9-22-11-13-24(14-12-22)31(32,33)34)16-35-28(26)42-27(20)18-37(3)30(41)36-25-7-5-4-6-8-25/h4-8,11-16,20-21,27,39H,17-19H2,1-3H3,(H,36,41)/t20-,21+,27-/m0/s1. The Morgan fingerprint density at radius 2 is 1.83 bits per heavy atom. The van der Waals surface area contributed by atoms with Crippen LogP contribution in [-0.4, -0.2) is 70.7 Å². The molecule has 0 bridgehead atoms. The SMILES string of the molecule is C[C@H](CO)N1C[C@H](C)[C@H](CN(C)C(=O)Nc2ccccc2)Oc2ncc(C#Cc3ccc(C(F)(F)F)cc3)cc2C1=O. The fourth-order valence-corrected chi connectivity index (χ4v) is 4.37. The fraction of sp³-hybridized carbons (Fsp3) is 0.323. The Bertz CT molecular complexity index is 1470. The van der Waals surface area contributed by atoms with Crippen LogP contribution in [0.4, 0.5) is 23.7 Å². The van der Waals surface area contributed by atoms with Crippen LogP contribution < -0.4 is 10.1 Å². The maximum absolute atomic E-state index is 13.6. The van der Waals surface area contributed by atoms with E-state index in [1.54, 1.807) is 26.1 Å². The number of anilines is 1. The summed E-state index contributed by atoms with van der Waals surface area (Å²) in [5.41, 5.74) is 0.711. The van der Waals surface area contributed by atoms with Gasteiger partial charge in [-0.2, -0.15) is 13.2 Å². The second kappa shape index (κ2) is 13.0. The summed E-state index contributed by atoms with van der Waals surface area (Å²) in [5.74, 6) is 5.06. The lowest BCUT2D eigenvalue weighted by molar-refractivity contribution is -0.137. The highest BCUT2D eigenvalue weighted by atomic mass is 19.4. The number of hydrogen-bond acceptors (Lipinski definition) is 5. The number of aliphatic hydroxyl groups excluding tert-OH is 1. The third kappa shape index (κ3) is 7.39. The molecule has 0 unspecified atom stereocenters. The van der Waals surface area contributed by atoms with Crippen LogP contribution in [0.5, 0.6) is 5.88 Å². The number of carbonyl (C=O) groups excluding carboxylic acids is 2. The summed E-state index contributed by atoms with van der Waals surface area (Å²) < 4.78 is 44.8. The number of alkyl halides is 3. The Labute approximate surface area is 242 Å². The Morgan fingerprint density at radius 1 is 1.17 bits per heavy atom. The number of carbonyl (C=O) groups is 2. The van der Waals surface area contributed by atoms with E-state index in [0.29, 0.717) is 16.8 Å². The molecule has 2 heterocycles. The van der Waals surface area contributed by atoms with Crippen molar-refractivity contribution in [3.63, 3.8) is 0 Å². The molecule has 0 saturated heterocycles. The van der Waals surface area contributed by atoms with Gasteiger partial charge in [-0.15, -0.1) is 0 Å². The van der Waals surface area contributed by atoms with E-state index in [4.69, 9.17) is 4.74 Å². The summed E-state index contributed by atoms with van der Waals surface area (Å²) in [6, 6.07) is 14.1. The molecule has 3 aromatic rings. The van der Waals surface area contributed by atoms with E-state index >= 15 is 0 Å². The summed E-state index contributed by atoms with van der Waals surface area (Å²) in [5, 5.41) is 12.7. The summed E-state index contributed by atoms with van der Waals surface area (Å²) in [7, 11) is 1.64. The molecule has 3 atom stereocenters. The van der Waals surface area contributed by atoms with E-state index in [2.05, 4.69) is 22.1 Å². The molecule has 4 rings (SSSR count). The smallest absolute Gasteiger partial charge is 0.416 e. The molecule has 3 amide bonds. The van der Waals surface area contributed by atoms with Gasteiger partial charge < -0.3 is 25.0 Å². The van der Waals surface area contributed by atoms with Gasteiger partial charge in [0.15, 0.2) is 0 Å². The first-order valence-corrected chi connectivity index (χ1v) is 13.3. The molecule has 220 valence electrons. The lowest BCUT2D eigenvalue weighted by Gasteiger charge is -2.37. The molecule has 0 aliphatic carbocycles. The Balaban J connectivity index is 1.60. The number of nitrogens with one attached hydrogen (secondary N) is 1. The van der Waals surface area contributed by atoms with E-state index in [0.717, 1.165) is 12.1 Å². The first-order chi connectivity index (χ1) is 20.0. The van der Waals surface area contributed by atoms with Crippen LogP contribution in [0.3, 0.4) is 0 Å². The highest BCUT2D eigenvalue weighted by Crippen LogP contribution is 2.29. The highest BCUT2D eigenvalue weighted by Gasteiger charge is 2.35. The molecule has 0 saturated carbocycles. The van der Waals surface area contributed by atoms with Gasteiger partial charge in [0.2, 0.25) is 5.88 Å². The number of benzene rings is 2. The number of aliphatic hydroxyl groups is 1. The second-order valence-electron chi connectivity index (χ2n) is 10.2. The summed E-state index contributed by atoms with van der Waals surface area (Å²) in [4.78, 5) is 33.8. The lowest BCUT2D eigenvalue weighted by Crippen LogP contribution is -2.50. The van der Waals surface area contributed by atoms with Crippen molar-refractivity contribution in [3.8, 4) is 17.7 Å². The van der Waals surface area contributed by atoms with Crippen LogP contribution in [0, 0.1) is 17.8 Å². The van der Waals surface area contributed by atoms with Crippen molar-refractivity contribution in [2.75, 3.05) is 32.1 Å². The Kier molecular flexibility index (Phi) is 9.38. The van der Waals surface area contributed by atoms with Crippen LogP contribution >= 0.6 is 0 Å². The number of aromatic nitrogens is 1. The zero-order valence-corrected chi connectivity index (χ0v) is 23.4. The van der Waals surface area contributed by atoms with Crippen molar-refractivity contribution in [1.29, 1.82) is 0 Å². The van der Waals surface area contributed by atoms with Crippen molar-refractivity contribution in [1.82, 2.24) is 14.8 Å². The summed E-state index contributed by atoms with van der Waals surface area (Å²) in [6.07, 6.45) is -3.58. The molecule has 8 nitrogen and oxygen atoms in total. The maximum Gasteiger partial charge on any atom is 0.416 e. The molecule has 1 aromatic heterocycles. The molecule has 2 N–H and O–H groups in total. The number of para-hydroxylation sites is 1. The minimum atomic E-state index is -4.45. The average molecular weight is 581 g/mol. The molecule has 1 aliphatic rings. The molecule has 2 aromatic carbocycles. The maximum atomic E-state index is 13.6. The van der Waals surface area contributed by atoms with Crippen molar-refractivity contribution in [2.24, 2.45) is 5.92 Å². The number of pyridine rings is 1. The molecular weight excluding hydrogens is 549 g/mol. The molecule has 42 heavy (non-hydrogen) atoms. The van der Waals surface area contributed by atoms with Gasteiger partial charge in [0.1, 0.15) is 11.7 Å². The largest absolute Gasteiger partial charge is 0.472 e. The molecular formula is C31H31F3N4O4. The monoisotopic (exact) mass is 580 g/mol. The minimum absolute atomic E-state index is 0.0589. The molecule has 11 heteroatoms. The first kappa shape index (κ1) is 30.4. The van der Waals surface area contributed by atoms with Gasteiger partial charge in [-0.1, -0.05) is 37.0 Å². The predicted molar refractivity (Wildman–Crippen MR) is 151 cm³/mol. The number of likely N-dealkylation sites (N-methyl/N-ethyl adjacent to an activating group) is 1. The number of ether oxygens (including phenoxy) is 1. The quantitative estimate of drug-likeness (QED) is 0.420. The second-order valence-corrected chi connectivity index (χ2v) is 10.2. The lowest BCUT2D eigenvalue weighted by atomic mass is 10.00. The number of halogens is 3. The van der Waals surface area contributed by atoms with Crippen LogP contribution in [0.1, 0.15) is 40.9 Å². The van der Waals surface area contributed by atoms with Gasteiger partial charge in [0.05, 0.1) is 24.8 Å². The molecule has 0 spiro atoms. The van der Waals surface area contributed by atoms with Crippen LogP contribution in [0.25, 0.3) is 0 Å². The molecule has 1 aliphatic heterocycles. The van der Waals surface area contributed by atoms with Crippen molar-refractivity contribution < 1.29 is 32.6 Å². The van der Waals surface area contributed by atoms with Crippen LogP contribution in [0.15, 0.2) is 66.9 Å². The van der Waals surface area contributed by atoms with Crippen LogP contribution in [-0.2, 0) is 6.18 Å². The number of urea groups is 1. The van der Waals surface area contributed by atoms with Crippen LogP contribution in [0.2, 0.25) is 0 Å². The summed E-state index contributed by atoms with van der Waals surface area (Å²) >= 11 is 0. The zero-order chi connectivity index (χ0) is 30.4. The number of fused-ring (bicyclic) bond motifs is 1. The Morgan fingerprint density at radius 3 is 2.48 bits per heavy atom. The third-order valence-electron chi connectivity index (χ3n) is 6.91. The van der Waals surface area contributed by atoms with E-state index in [-0.39, 0.29) is 43.1 Å². The Hall–Kier alpha value is -4.56. The van der Waals surface area contributed by atoms with Crippen molar-refractivity contribution in [3.05, 3.63) is 89.1 Å². The third-order valence-corrected chi connectivity index (χ3v) is 6.91. The van der Waals surface area contributed by atoms with Crippen molar-refractivity contribution in [2.45, 2.75) is 32.2 Å². The highest BCUT2D eigenvalue weighted by molar-refractivity contribution is 5.97. The van der Waals surface area contributed by atoms with Gasteiger partial charge in [-0.3, -0.25) is 4.79 Å². The van der Waals surface area contributed by atoms with Gasteiger partial charge in [0.25, 0.3) is 5.91 Å². The molecule has 0 fully saturated rings. The summed E-state index contributed by atoms with van der Waals surface area (Å²) in [6.45, 7) is 3.79. The van der Waals surface area contributed by atoms with Crippen molar-refractivity contribution >= 4 is 17.6 Å². The van der Waals surface area contributed by atoms with E-state index < -0.39 is 29.8 Å². The normalized spacial score (nSPS) is 17.5. The van der Waals surface area contributed by atoms with Gasteiger partial charge >= 0.3 is 12.2 Å². The average Bonchev–Trinajstić information content (AvgIpc) is 2.97. The number of rotatable bonds is 5. The number of amides is 3. The fourth-order valence-electron chi connectivity index (χ4n) is 4.37.